The summed E-state index contributed by atoms with van der Waals surface area (Å²) in [5.74, 6) is 0.107. The van der Waals surface area contributed by atoms with E-state index in [4.69, 9.17) is 0 Å². The van der Waals surface area contributed by atoms with Gasteiger partial charge in [0.25, 0.3) is 5.91 Å². The van der Waals surface area contributed by atoms with E-state index in [1.165, 1.54) is 4.88 Å². The number of aromatic nitrogens is 1. The van der Waals surface area contributed by atoms with Gasteiger partial charge in [0, 0.05) is 42.3 Å². The summed E-state index contributed by atoms with van der Waals surface area (Å²) < 4.78 is 2.16. The molecule has 2 amide bonds. The molecule has 0 aromatic carbocycles. The molecule has 6 heteroatoms. The maximum atomic E-state index is 13.1. The molecule has 0 saturated carbocycles. The zero-order chi connectivity index (χ0) is 19.0. The second-order valence-electron chi connectivity index (χ2n) is 7.17. The molecule has 1 fully saturated rings. The Hall–Kier alpha value is -2.08. The molecule has 0 aliphatic carbocycles. The molecule has 1 aliphatic heterocycles. The van der Waals surface area contributed by atoms with Crippen LogP contribution in [-0.4, -0.2) is 40.4 Å². The van der Waals surface area contributed by atoms with Crippen molar-refractivity contribution in [3.05, 3.63) is 39.5 Å². The molecule has 26 heavy (non-hydrogen) atoms. The Morgan fingerprint density at radius 1 is 1.08 bits per heavy atom. The second-order valence-corrected chi connectivity index (χ2v) is 8.37. The van der Waals surface area contributed by atoms with Crippen LogP contribution in [0.5, 0.6) is 0 Å². The topological polar surface area (TPSA) is 54.3 Å². The Morgan fingerprint density at radius 2 is 1.65 bits per heavy atom. The molecule has 1 aliphatic rings. The van der Waals surface area contributed by atoms with Gasteiger partial charge in [0.15, 0.2) is 0 Å². The summed E-state index contributed by atoms with van der Waals surface area (Å²) in [6.45, 7) is 11.3. The minimum atomic E-state index is -0.00405. The van der Waals surface area contributed by atoms with Crippen LogP contribution in [0, 0.1) is 27.7 Å². The summed E-state index contributed by atoms with van der Waals surface area (Å²) in [5.41, 5.74) is 4.10. The molecule has 3 heterocycles. The summed E-state index contributed by atoms with van der Waals surface area (Å²) in [4.78, 5) is 27.6. The van der Waals surface area contributed by atoms with Crippen LogP contribution in [0.2, 0.25) is 0 Å². The predicted octanol–water partition coefficient (Wildman–Crippen LogP) is 3.51. The third kappa shape index (κ3) is 3.43. The molecule has 0 atom stereocenters. The van der Waals surface area contributed by atoms with Crippen molar-refractivity contribution in [3.63, 3.8) is 0 Å². The van der Waals surface area contributed by atoms with Crippen LogP contribution >= 0.6 is 11.3 Å². The number of hydrogen-bond donors (Lipinski definition) is 1. The first-order valence-corrected chi connectivity index (χ1v) is 9.93. The Bertz CT molecular complexity index is 822. The molecule has 140 valence electrons. The van der Waals surface area contributed by atoms with Crippen molar-refractivity contribution in [1.82, 2.24) is 14.8 Å². The zero-order valence-electron chi connectivity index (χ0n) is 16.2. The number of nitrogens with one attached hydrogen (secondary N) is 1. The fraction of sp³-hybridized carbons (Fsp3) is 0.500. The number of hydrogen-bond acceptors (Lipinski definition) is 3. The molecule has 0 spiro atoms. The van der Waals surface area contributed by atoms with E-state index in [-0.39, 0.29) is 17.9 Å². The minimum absolute atomic E-state index is 0.00405. The van der Waals surface area contributed by atoms with Crippen LogP contribution in [0.15, 0.2) is 12.1 Å². The normalized spacial score (nSPS) is 15.3. The lowest BCUT2D eigenvalue weighted by molar-refractivity contribution is -0.129. The van der Waals surface area contributed by atoms with Gasteiger partial charge in [-0.15, -0.1) is 11.3 Å². The van der Waals surface area contributed by atoms with E-state index in [2.05, 4.69) is 42.8 Å². The van der Waals surface area contributed by atoms with Gasteiger partial charge < -0.3 is 14.8 Å². The van der Waals surface area contributed by atoms with Crippen LogP contribution in [0.1, 0.15) is 52.0 Å². The van der Waals surface area contributed by atoms with Crippen molar-refractivity contribution in [2.75, 3.05) is 13.1 Å². The molecule has 5 nitrogen and oxygen atoms in total. The SMILES string of the molecule is CC(=O)N1CCC(NC(=O)c2c(-n3c(C)ccc3C)sc(C)c2C)CC1. The van der Waals surface area contributed by atoms with Crippen molar-refractivity contribution in [2.24, 2.45) is 0 Å². The largest absolute Gasteiger partial charge is 0.349 e. The van der Waals surface area contributed by atoms with Crippen molar-refractivity contribution in [2.45, 2.75) is 53.5 Å². The third-order valence-corrected chi connectivity index (χ3v) is 6.54. The Kier molecular flexibility index (Phi) is 5.23. The van der Waals surface area contributed by atoms with Crippen LogP contribution in [-0.2, 0) is 4.79 Å². The minimum Gasteiger partial charge on any atom is -0.349 e. The highest BCUT2D eigenvalue weighted by Crippen LogP contribution is 2.33. The van der Waals surface area contributed by atoms with Gasteiger partial charge >= 0.3 is 0 Å². The van der Waals surface area contributed by atoms with Gasteiger partial charge in [-0.25, -0.2) is 0 Å². The van der Waals surface area contributed by atoms with E-state index in [1.807, 2.05) is 11.8 Å². The molecule has 2 aromatic heterocycles. The van der Waals surface area contributed by atoms with Gasteiger partial charge in [0.05, 0.1) is 5.56 Å². The standard InChI is InChI=1S/C20H27N3O2S/c1-12-6-7-13(2)23(12)20-18(14(3)15(4)26-20)19(25)21-17-8-10-22(11-9-17)16(5)24/h6-7,17H,8-11H2,1-5H3,(H,21,25). The van der Waals surface area contributed by atoms with Crippen LogP contribution in [0.3, 0.4) is 0 Å². The Balaban J connectivity index is 1.83. The molecule has 0 radical (unpaired) electrons. The first-order valence-electron chi connectivity index (χ1n) is 9.11. The monoisotopic (exact) mass is 373 g/mol. The van der Waals surface area contributed by atoms with Crippen LogP contribution in [0.25, 0.3) is 5.00 Å². The fourth-order valence-corrected chi connectivity index (χ4v) is 4.89. The summed E-state index contributed by atoms with van der Waals surface area (Å²) in [6, 6.07) is 4.29. The summed E-state index contributed by atoms with van der Waals surface area (Å²) in [7, 11) is 0. The van der Waals surface area contributed by atoms with Crippen LogP contribution < -0.4 is 5.32 Å². The Morgan fingerprint density at radius 3 is 2.19 bits per heavy atom. The third-order valence-electron chi connectivity index (χ3n) is 5.34. The molecule has 0 unspecified atom stereocenters. The van der Waals surface area contributed by atoms with Crippen molar-refractivity contribution in [1.29, 1.82) is 0 Å². The number of thiophene rings is 1. The summed E-state index contributed by atoms with van der Waals surface area (Å²) in [6.07, 6.45) is 1.62. The van der Waals surface area contributed by atoms with Gasteiger partial charge in [-0.05, 0) is 58.2 Å². The fourth-order valence-electron chi connectivity index (χ4n) is 3.62. The van der Waals surface area contributed by atoms with Gasteiger partial charge in [-0.1, -0.05) is 0 Å². The molecule has 3 rings (SSSR count). The molecule has 1 N–H and O–H groups in total. The smallest absolute Gasteiger partial charge is 0.254 e. The van der Waals surface area contributed by atoms with Gasteiger partial charge in [-0.3, -0.25) is 9.59 Å². The number of nitrogens with zero attached hydrogens (tertiary/aromatic N) is 2. The molecule has 2 aromatic rings. The van der Waals surface area contributed by atoms with E-state index >= 15 is 0 Å². The number of piperidine rings is 1. The zero-order valence-corrected chi connectivity index (χ0v) is 17.0. The van der Waals surface area contributed by atoms with Crippen molar-refractivity contribution < 1.29 is 9.59 Å². The summed E-state index contributed by atoms with van der Waals surface area (Å²) >= 11 is 1.67. The summed E-state index contributed by atoms with van der Waals surface area (Å²) in [5, 5.41) is 4.21. The van der Waals surface area contributed by atoms with Gasteiger partial charge in [0.1, 0.15) is 5.00 Å². The highest BCUT2D eigenvalue weighted by molar-refractivity contribution is 7.15. The number of rotatable bonds is 3. The van der Waals surface area contributed by atoms with Crippen molar-refractivity contribution >= 4 is 23.2 Å². The maximum Gasteiger partial charge on any atom is 0.254 e. The lowest BCUT2D eigenvalue weighted by Gasteiger charge is -2.31. The quantitative estimate of drug-likeness (QED) is 0.895. The first kappa shape index (κ1) is 18.7. The van der Waals surface area contributed by atoms with Gasteiger partial charge in [0.2, 0.25) is 5.91 Å². The van der Waals surface area contributed by atoms with Gasteiger partial charge in [-0.2, -0.15) is 0 Å². The number of amides is 2. The van der Waals surface area contributed by atoms with E-state index < -0.39 is 0 Å². The van der Waals surface area contributed by atoms with E-state index in [0.29, 0.717) is 13.1 Å². The average molecular weight is 374 g/mol. The molecular weight excluding hydrogens is 346 g/mol. The highest BCUT2D eigenvalue weighted by Gasteiger charge is 2.26. The maximum absolute atomic E-state index is 13.1. The van der Waals surface area contributed by atoms with Crippen molar-refractivity contribution in [3.8, 4) is 5.00 Å². The number of likely N-dealkylation sites (tertiary alicyclic amines) is 1. The number of carbonyl (C=O) groups is 2. The molecule has 1 saturated heterocycles. The molecule has 0 bridgehead atoms. The molecular formula is C20H27N3O2S. The van der Waals surface area contributed by atoms with E-state index in [9.17, 15) is 9.59 Å². The lowest BCUT2D eigenvalue weighted by Crippen LogP contribution is -2.46. The van der Waals surface area contributed by atoms with E-state index in [0.717, 1.165) is 40.4 Å². The highest BCUT2D eigenvalue weighted by atomic mass is 32.1. The number of carbonyl (C=O) groups excluding carboxylic acids is 2. The lowest BCUT2D eigenvalue weighted by atomic mass is 10.0. The predicted molar refractivity (Wildman–Crippen MR) is 105 cm³/mol. The first-order chi connectivity index (χ1) is 12.3. The van der Waals surface area contributed by atoms with Crippen LogP contribution in [0.4, 0.5) is 0 Å². The van der Waals surface area contributed by atoms with E-state index in [1.54, 1.807) is 18.3 Å². The second kappa shape index (κ2) is 7.27. The average Bonchev–Trinajstić information content (AvgIpc) is 3.07. The number of aryl methyl sites for hydroxylation is 3. The Labute approximate surface area is 159 Å².